The molecule has 2 aromatic rings. The summed E-state index contributed by atoms with van der Waals surface area (Å²) in [5.74, 6) is 0.446. The van der Waals surface area contributed by atoms with Crippen molar-refractivity contribution in [3.63, 3.8) is 0 Å². The van der Waals surface area contributed by atoms with Crippen molar-refractivity contribution in [2.75, 3.05) is 26.3 Å². The van der Waals surface area contributed by atoms with E-state index >= 15 is 0 Å². The number of nitrogens with one attached hydrogen (secondary N) is 1. The molecule has 0 bridgehead atoms. The molecule has 0 radical (unpaired) electrons. The summed E-state index contributed by atoms with van der Waals surface area (Å²) >= 11 is 0. The first-order valence-corrected chi connectivity index (χ1v) is 8.21. The van der Waals surface area contributed by atoms with Crippen LogP contribution in [0.4, 0.5) is 0 Å². The predicted molar refractivity (Wildman–Crippen MR) is 88.1 cm³/mol. The molecule has 122 valence electrons. The van der Waals surface area contributed by atoms with E-state index in [0.29, 0.717) is 12.5 Å². The Bertz CT molecular complexity index is 598. The minimum atomic E-state index is 0.0854. The van der Waals surface area contributed by atoms with E-state index in [2.05, 4.69) is 22.3 Å². The number of nitrogens with zero attached hydrogens (tertiary/aromatic N) is 2. The first-order valence-electron chi connectivity index (χ1n) is 8.21. The van der Waals surface area contributed by atoms with Gasteiger partial charge in [0.2, 0.25) is 5.91 Å². The number of benzene rings is 1. The average Bonchev–Trinajstić information content (AvgIpc) is 3.14. The van der Waals surface area contributed by atoms with Crippen molar-refractivity contribution in [1.29, 1.82) is 0 Å². The number of ether oxygens (including phenoxy) is 1. The molecule has 3 rings (SSSR count). The maximum atomic E-state index is 12.3. The van der Waals surface area contributed by atoms with Gasteiger partial charge in [0, 0.05) is 30.9 Å². The second-order valence-corrected chi connectivity index (χ2v) is 5.98. The minimum Gasteiger partial charge on any atom is -0.371 e. The molecule has 1 amide bonds. The number of carbonyl (C=O) groups excluding carboxylic acids is 1. The molecule has 23 heavy (non-hydrogen) atoms. The third kappa shape index (κ3) is 4.42. The second kappa shape index (κ2) is 7.92. The lowest BCUT2D eigenvalue weighted by Gasteiger charge is -2.32. The zero-order valence-corrected chi connectivity index (χ0v) is 13.3. The molecule has 1 saturated heterocycles. The summed E-state index contributed by atoms with van der Waals surface area (Å²) in [5, 5.41) is 7.02. The van der Waals surface area contributed by atoms with Gasteiger partial charge in [-0.1, -0.05) is 30.3 Å². The molecule has 1 aliphatic heterocycles. The lowest BCUT2D eigenvalue weighted by atomic mass is 9.95. The maximum Gasteiger partial charge on any atom is 0.248 e. The van der Waals surface area contributed by atoms with Crippen LogP contribution in [0.3, 0.4) is 0 Å². The zero-order chi connectivity index (χ0) is 15.9. The molecule has 1 aliphatic rings. The van der Waals surface area contributed by atoms with E-state index in [1.54, 1.807) is 6.20 Å². The lowest BCUT2D eigenvalue weighted by molar-refractivity contribution is -0.137. The van der Waals surface area contributed by atoms with E-state index in [9.17, 15) is 4.79 Å². The van der Waals surface area contributed by atoms with E-state index < -0.39 is 0 Å². The Morgan fingerprint density at radius 1 is 1.30 bits per heavy atom. The van der Waals surface area contributed by atoms with E-state index in [-0.39, 0.29) is 12.5 Å². The highest BCUT2D eigenvalue weighted by atomic mass is 16.5. The summed E-state index contributed by atoms with van der Waals surface area (Å²) in [7, 11) is 0. The SMILES string of the molecule is O=C(COCCc1ccccc1)N1CCCC(c2ccn[nH]2)C1. The van der Waals surface area contributed by atoms with Crippen LogP contribution >= 0.6 is 0 Å². The summed E-state index contributed by atoms with van der Waals surface area (Å²) in [5.41, 5.74) is 2.35. The molecular weight excluding hydrogens is 290 g/mol. The van der Waals surface area contributed by atoms with Gasteiger partial charge in [0.1, 0.15) is 6.61 Å². The first-order chi connectivity index (χ1) is 11.3. The fourth-order valence-electron chi connectivity index (χ4n) is 3.04. The molecule has 1 N–H and O–H groups in total. The summed E-state index contributed by atoms with van der Waals surface area (Å²) < 4.78 is 5.57. The number of rotatable bonds is 6. The Hall–Kier alpha value is -2.14. The number of carbonyl (C=O) groups is 1. The van der Waals surface area contributed by atoms with Gasteiger partial charge >= 0.3 is 0 Å². The lowest BCUT2D eigenvalue weighted by Crippen LogP contribution is -2.41. The summed E-state index contributed by atoms with van der Waals surface area (Å²) in [6.45, 7) is 2.32. The Morgan fingerprint density at radius 2 is 2.17 bits per heavy atom. The van der Waals surface area contributed by atoms with Crippen molar-refractivity contribution in [1.82, 2.24) is 15.1 Å². The molecule has 5 heteroatoms. The van der Waals surface area contributed by atoms with Crippen LogP contribution in [0, 0.1) is 0 Å². The number of aromatic amines is 1. The Labute approximate surface area is 136 Å². The van der Waals surface area contributed by atoms with Crippen molar-refractivity contribution >= 4 is 5.91 Å². The van der Waals surface area contributed by atoms with Crippen molar-refractivity contribution < 1.29 is 9.53 Å². The van der Waals surface area contributed by atoms with Crippen LogP contribution in [0.15, 0.2) is 42.6 Å². The van der Waals surface area contributed by atoms with E-state index in [0.717, 1.165) is 38.0 Å². The van der Waals surface area contributed by atoms with Gasteiger partial charge in [-0.25, -0.2) is 0 Å². The van der Waals surface area contributed by atoms with Crippen molar-refractivity contribution in [3.05, 3.63) is 53.9 Å². The van der Waals surface area contributed by atoms with Crippen molar-refractivity contribution in [2.45, 2.75) is 25.2 Å². The number of aromatic nitrogens is 2. The van der Waals surface area contributed by atoms with Gasteiger partial charge < -0.3 is 9.64 Å². The van der Waals surface area contributed by atoms with Gasteiger partial charge in [-0.2, -0.15) is 5.10 Å². The molecular formula is C18H23N3O2. The Balaban J connectivity index is 1.41. The van der Waals surface area contributed by atoms with Crippen LogP contribution in [0.5, 0.6) is 0 Å². The third-order valence-electron chi connectivity index (χ3n) is 4.34. The fourth-order valence-corrected chi connectivity index (χ4v) is 3.04. The summed E-state index contributed by atoms with van der Waals surface area (Å²) in [6, 6.07) is 12.2. The molecule has 0 saturated carbocycles. The van der Waals surface area contributed by atoms with Crippen LogP contribution in [-0.4, -0.2) is 47.3 Å². The van der Waals surface area contributed by atoms with Crippen LogP contribution in [0.1, 0.15) is 30.0 Å². The molecule has 0 aliphatic carbocycles. The van der Waals surface area contributed by atoms with Gasteiger partial charge in [-0.15, -0.1) is 0 Å². The summed E-state index contributed by atoms with van der Waals surface area (Å²) in [6.07, 6.45) is 4.73. The van der Waals surface area contributed by atoms with Crippen molar-refractivity contribution in [2.24, 2.45) is 0 Å². The fraction of sp³-hybridized carbons (Fsp3) is 0.444. The number of hydrogen-bond acceptors (Lipinski definition) is 3. The summed E-state index contributed by atoms with van der Waals surface area (Å²) in [4.78, 5) is 14.2. The molecule has 1 fully saturated rings. The van der Waals surface area contributed by atoms with Gasteiger partial charge in [-0.3, -0.25) is 9.89 Å². The topological polar surface area (TPSA) is 58.2 Å². The Kier molecular flexibility index (Phi) is 5.42. The number of hydrogen-bond donors (Lipinski definition) is 1. The molecule has 1 aromatic carbocycles. The number of amides is 1. The minimum absolute atomic E-state index is 0.0854. The zero-order valence-electron chi connectivity index (χ0n) is 13.3. The second-order valence-electron chi connectivity index (χ2n) is 5.98. The highest BCUT2D eigenvalue weighted by molar-refractivity contribution is 5.77. The highest BCUT2D eigenvalue weighted by Crippen LogP contribution is 2.25. The molecule has 1 atom stereocenters. The molecule has 0 spiro atoms. The number of piperidine rings is 1. The van der Waals surface area contributed by atoms with Gasteiger partial charge in [0.15, 0.2) is 0 Å². The highest BCUT2D eigenvalue weighted by Gasteiger charge is 2.25. The van der Waals surface area contributed by atoms with E-state index in [4.69, 9.17) is 4.74 Å². The molecule has 5 nitrogen and oxygen atoms in total. The average molecular weight is 313 g/mol. The van der Waals surface area contributed by atoms with Crippen LogP contribution < -0.4 is 0 Å². The molecule has 1 aromatic heterocycles. The smallest absolute Gasteiger partial charge is 0.248 e. The van der Waals surface area contributed by atoms with Crippen LogP contribution in [0.25, 0.3) is 0 Å². The number of H-pyrrole nitrogens is 1. The van der Waals surface area contributed by atoms with Crippen molar-refractivity contribution in [3.8, 4) is 0 Å². The van der Waals surface area contributed by atoms with E-state index in [1.807, 2.05) is 29.2 Å². The van der Waals surface area contributed by atoms with E-state index in [1.165, 1.54) is 5.56 Å². The third-order valence-corrected chi connectivity index (χ3v) is 4.34. The molecule has 2 heterocycles. The maximum absolute atomic E-state index is 12.3. The predicted octanol–water partition coefficient (Wildman–Crippen LogP) is 2.38. The largest absolute Gasteiger partial charge is 0.371 e. The quantitative estimate of drug-likeness (QED) is 0.833. The van der Waals surface area contributed by atoms with Gasteiger partial charge in [0.05, 0.1) is 6.61 Å². The normalized spacial score (nSPS) is 18.1. The molecule has 1 unspecified atom stereocenters. The van der Waals surface area contributed by atoms with Crippen LogP contribution in [-0.2, 0) is 16.0 Å². The first kappa shape index (κ1) is 15.7. The Morgan fingerprint density at radius 3 is 2.96 bits per heavy atom. The monoisotopic (exact) mass is 313 g/mol. The van der Waals surface area contributed by atoms with Gasteiger partial charge in [0.25, 0.3) is 0 Å². The number of likely N-dealkylation sites (tertiary alicyclic amines) is 1. The van der Waals surface area contributed by atoms with Gasteiger partial charge in [-0.05, 0) is 30.9 Å². The standard InChI is InChI=1S/C18H23N3O2/c22-18(14-23-12-9-15-5-2-1-3-6-15)21-11-4-7-16(13-21)17-8-10-19-20-17/h1-3,5-6,8,10,16H,4,7,9,11-14H2,(H,19,20). The van der Waals surface area contributed by atoms with Crippen LogP contribution in [0.2, 0.25) is 0 Å².